The second-order valence-corrected chi connectivity index (χ2v) is 5.35. The molecule has 0 saturated heterocycles. The van der Waals surface area contributed by atoms with Crippen LogP contribution in [0.4, 0.5) is 0 Å². The number of carboxylic acids is 2. The van der Waals surface area contributed by atoms with Crippen LogP contribution < -0.4 is 10.2 Å². The third-order valence-electron chi connectivity index (χ3n) is 3.62. The normalized spacial score (nSPS) is 8.90. The number of benzene rings is 2. The summed E-state index contributed by atoms with van der Waals surface area (Å²) in [5, 5.41) is 36.8. The number of aliphatic hydroxyl groups excluding tert-OH is 2. The van der Waals surface area contributed by atoms with Gasteiger partial charge in [0.2, 0.25) is 0 Å². The van der Waals surface area contributed by atoms with Gasteiger partial charge < -0.3 is 30.0 Å². The SMILES string of the molecule is CO.CO.O=C([O-])c1ccc2ccccc2n1.O=C([O-])c1ccc2ccccc2n1.[Ni+2]. The van der Waals surface area contributed by atoms with Crippen LogP contribution in [-0.4, -0.2) is 46.3 Å². The molecule has 0 aliphatic heterocycles. The summed E-state index contributed by atoms with van der Waals surface area (Å²) in [4.78, 5) is 28.8. The molecule has 164 valence electrons. The minimum atomic E-state index is -1.24. The number of carboxylic acid groups (broad SMARTS) is 2. The standard InChI is InChI=1S/2C10H7NO2.2CH4O.Ni/c2*12-10(13)9-6-5-7-3-1-2-4-8(7)11-9;2*1-2;/h2*1-6H,(H,12,13);2*2H,1H3;/q;;;;+2/p-2. The number of para-hydroxylation sites is 2. The number of carbonyl (C=O) groups excluding carboxylic acids is 2. The molecule has 31 heavy (non-hydrogen) atoms. The van der Waals surface area contributed by atoms with Crippen LogP contribution in [0, 0.1) is 0 Å². The summed E-state index contributed by atoms with van der Waals surface area (Å²) in [5.74, 6) is -2.49. The molecule has 2 heterocycles. The summed E-state index contributed by atoms with van der Waals surface area (Å²) in [7, 11) is 2.00. The maximum absolute atomic E-state index is 10.5. The van der Waals surface area contributed by atoms with E-state index < -0.39 is 11.9 Å². The van der Waals surface area contributed by atoms with Gasteiger partial charge in [0.05, 0.1) is 34.4 Å². The Morgan fingerprint density at radius 2 is 0.935 bits per heavy atom. The molecule has 0 aliphatic carbocycles. The van der Waals surface area contributed by atoms with Crippen molar-refractivity contribution < 1.29 is 46.5 Å². The van der Waals surface area contributed by atoms with E-state index in [-0.39, 0.29) is 27.9 Å². The molecule has 0 atom stereocenters. The predicted molar refractivity (Wildman–Crippen MR) is 108 cm³/mol. The number of hydrogen-bond donors (Lipinski definition) is 2. The van der Waals surface area contributed by atoms with Gasteiger partial charge in [-0.1, -0.05) is 48.5 Å². The molecule has 9 heteroatoms. The maximum Gasteiger partial charge on any atom is 2.00 e. The molecule has 0 fully saturated rings. The number of nitrogens with zero attached hydrogens (tertiary/aromatic N) is 2. The maximum atomic E-state index is 10.5. The Morgan fingerprint density at radius 1 is 0.613 bits per heavy atom. The minimum absolute atomic E-state index is 0. The van der Waals surface area contributed by atoms with E-state index in [1.54, 1.807) is 24.3 Å². The van der Waals surface area contributed by atoms with Crippen LogP contribution in [0.2, 0.25) is 0 Å². The van der Waals surface area contributed by atoms with Gasteiger partial charge in [0.25, 0.3) is 0 Å². The number of aromatic nitrogens is 2. The molecule has 2 aromatic carbocycles. The van der Waals surface area contributed by atoms with Crippen molar-refractivity contribution in [2.24, 2.45) is 0 Å². The first-order valence-electron chi connectivity index (χ1n) is 8.58. The van der Waals surface area contributed by atoms with Crippen molar-refractivity contribution in [2.45, 2.75) is 0 Å². The molecule has 8 nitrogen and oxygen atoms in total. The van der Waals surface area contributed by atoms with E-state index in [1.165, 1.54) is 12.1 Å². The fraction of sp³-hybridized carbons (Fsp3) is 0.0909. The average molecular weight is 467 g/mol. The van der Waals surface area contributed by atoms with E-state index in [2.05, 4.69) is 9.97 Å². The summed E-state index contributed by atoms with van der Waals surface area (Å²) < 4.78 is 0. The van der Waals surface area contributed by atoms with Crippen molar-refractivity contribution in [2.75, 3.05) is 14.2 Å². The Kier molecular flexibility index (Phi) is 13.0. The second-order valence-electron chi connectivity index (χ2n) is 5.35. The summed E-state index contributed by atoms with van der Waals surface area (Å²) >= 11 is 0. The van der Waals surface area contributed by atoms with Crippen molar-refractivity contribution in [1.82, 2.24) is 9.97 Å². The zero-order valence-electron chi connectivity index (χ0n) is 16.7. The van der Waals surface area contributed by atoms with Gasteiger partial charge in [-0.25, -0.2) is 9.97 Å². The van der Waals surface area contributed by atoms with Crippen LogP contribution in [-0.2, 0) is 16.5 Å². The van der Waals surface area contributed by atoms with Crippen LogP contribution in [0.15, 0.2) is 72.8 Å². The fourth-order valence-corrected chi connectivity index (χ4v) is 2.36. The van der Waals surface area contributed by atoms with Crippen molar-refractivity contribution in [3.63, 3.8) is 0 Å². The van der Waals surface area contributed by atoms with E-state index in [0.29, 0.717) is 11.0 Å². The first-order chi connectivity index (χ1) is 14.5. The van der Waals surface area contributed by atoms with E-state index in [9.17, 15) is 19.8 Å². The monoisotopic (exact) mass is 466 g/mol. The number of hydrogen-bond acceptors (Lipinski definition) is 8. The quantitative estimate of drug-likeness (QED) is 0.403. The molecular weight excluding hydrogens is 447 g/mol. The van der Waals surface area contributed by atoms with E-state index >= 15 is 0 Å². The van der Waals surface area contributed by atoms with E-state index in [4.69, 9.17) is 10.2 Å². The van der Waals surface area contributed by atoms with Gasteiger partial charge in [-0.15, -0.1) is 0 Å². The Balaban J connectivity index is 0.000000487. The number of fused-ring (bicyclic) bond motifs is 2. The van der Waals surface area contributed by atoms with Crippen LogP contribution in [0.5, 0.6) is 0 Å². The largest absolute Gasteiger partial charge is 2.00 e. The fourth-order valence-electron chi connectivity index (χ4n) is 2.36. The number of carbonyl (C=O) groups is 2. The Morgan fingerprint density at radius 3 is 1.26 bits per heavy atom. The number of aromatic carboxylic acids is 2. The molecule has 0 unspecified atom stereocenters. The Labute approximate surface area is 188 Å². The van der Waals surface area contributed by atoms with Crippen molar-refractivity contribution in [3.8, 4) is 0 Å². The third-order valence-corrected chi connectivity index (χ3v) is 3.62. The number of aliphatic hydroxyl groups is 2. The molecule has 4 aromatic rings. The minimum Gasteiger partial charge on any atom is -0.543 e. The Hall–Kier alpha value is -3.39. The molecule has 4 rings (SSSR count). The second kappa shape index (κ2) is 14.6. The topological polar surface area (TPSA) is 146 Å². The van der Waals surface area contributed by atoms with Crippen molar-refractivity contribution in [1.29, 1.82) is 0 Å². The molecule has 0 saturated carbocycles. The number of pyridine rings is 2. The molecular formula is C22H20N2NiO6. The predicted octanol–water partition coefficient (Wildman–Crippen LogP) is 0.411. The first kappa shape index (κ1) is 27.6. The average Bonchev–Trinajstić information content (AvgIpc) is 2.81. The van der Waals surface area contributed by atoms with Gasteiger partial charge in [-0.05, 0) is 24.3 Å². The molecule has 0 aliphatic rings. The van der Waals surface area contributed by atoms with Crippen molar-refractivity contribution >= 4 is 33.7 Å². The van der Waals surface area contributed by atoms with Crippen LogP contribution >= 0.6 is 0 Å². The van der Waals surface area contributed by atoms with Gasteiger partial charge in [-0.3, -0.25) is 0 Å². The van der Waals surface area contributed by atoms with Crippen molar-refractivity contribution in [3.05, 3.63) is 84.2 Å². The summed E-state index contributed by atoms with van der Waals surface area (Å²) in [6, 6.07) is 21.0. The van der Waals surface area contributed by atoms with Gasteiger partial charge in [0.15, 0.2) is 0 Å². The smallest absolute Gasteiger partial charge is 0.543 e. The zero-order chi connectivity index (χ0) is 22.5. The van der Waals surface area contributed by atoms with E-state index in [0.717, 1.165) is 25.0 Å². The van der Waals surface area contributed by atoms with Gasteiger partial charge in [0.1, 0.15) is 0 Å². The van der Waals surface area contributed by atoms with Gasteiger partial charge >= 0.3 is 16.5 Å². The van der Waals surface area contributed by atoms with Crippen LogP contribution in [0.25, 0.3) is 21.8 Å². The molecule has 0 bridgehead atoms. The summed E-state index contributed by atoms with van der Waals surface area (Å²) in [6.45, 7) is 0. The summed E-state index contributed by atoms with van der Waals surface area (Å²) in [5.41, 5.74) is 1.28. The van der Waals surface area contributed by atoms with E-state index in [1.807, 2.05) is 36.4 Å². The number of rotatable bonds is 2. The molecule has 2 aromatic heterocycles. The van der Waals surface area contributed by atoms with Gasteiger partial charge in [-0.2, -0.15) is 0 Å². The molecule has 0 radical (unpaired) electrons. The molecule has 0 amide bonds. The van der Waals surface area contributed by atoms with Gasteiger partial charge in [0, 0.05) is 25.0 Å². The van der Waals surface area contributed by atoms with Crippen LogP contribution in [0.3, 0.4) is 0 Å². The molecule has 2 N–H and O–H groups in total. The zero-order valence-corrected chi connectivity index (χ0v) is 17.7. The first-order valence-corrected chi connectivity index (χ1v) is 8.58. The third kappa shape index (κ3) is 8.10. The van der Waals surface area contributed by atoms with Crippen LogP contribution in [0.1, 0.15) is 21.0 Å². The Bertz CT molecular complexity index is 1030. The summed E-state index contributed by atoms with van der Waals surface area (Å²) in [6.07, 6.45) is 0. The molecule has 0 spiro atoms.